The molecule has 0 bridgehead atoms. The molecule has 0 aliphatic carbocycles. The van der Waals surface area contributed by atoms with Gasteiger partial charge in [0.15, 0.2) is 0 Å². The molecule has 0 saturated carbocycles. The second-order valence-corrected chi connectivity index (χ2v) is 11.8. The molecule has 1 N–H and O–H groups in total. The third-order valence-corrected chi connectivity index (χ3v) is 8.52. The van der Waals surface area contributed by atoms with Gasteiger partial charge in [-0.3, -0.25) is 4.31 Å². The highest BCUT2D eigenvalue weighted by Crippen LogP contribution is 2.32. The Morgan fingerprint density at radius 2 is 1.75 bits per heavy atom. The lowest BCUT2D eigenvalue weighted by Gasteiger charge is -2.26. The zero-order valence-electron chi connectivity index (χ0n) is 21.4. The average molecular weight is 512 g/mol. The highest BCUT2D eigenvalue weighted by Gasteiger charge is 2.26. The summed E-state index contributed by atoms with van der Waals surface area (Å²) >= 11 is 0. The molecule has 1 heterocycles. The van der Waals surface area contributed by atoms with Crippen molar-refractivity contribution in [2.24, 2.45) is 11.8 Å². The summed E-state index contributed by atoms with van der Waals surface area (Å²) in [5.41, 5.74) is 2.48. The molecule has 194 valence electrons. The normalized spacial score (nSPS) is 14.9. The molecular weight excluding hydrogens is 474 g/mol. The Bertz CT molecular complexity index is 1260. The van der Waals surface area contributed by atoms with Crippen LogP contribution < -0.4 is 9.04 Å². The van der Waals surface area contributed by atoms with Gasteiger partial charge in [0.05, 0.1) is 23.8 Å². The molecule has 3 aromatic rings. The van der Waals surface area contributed by atoms with Crippen LogP contribution in [0.25, 0.3) is 10.8 Å². The van der Waals surface area contributed by atoms with Gasteiger partial charge in [-0.25, -0.2) is 8.42 Å². The van der Waals surface area contributed by atoms with E-state index < -0.39 is 10.0 Å². The van der Waals surface area contributed by atoms with Crippen molar-refractivity contribution in [1.82, 2.24) is 0 Å². The molecule has 4 rings (SSSR count). The summed E-state index contributed by atoms with van der Waals surface area (Å²) < 4.78 is 40.6. The van der Waals surface area contributed by atoms with Crippen LogP contribution in [0.3, 0.4) is 0 Å². The third kappa shape index (κ3) is 6.02. The lowest BCUT2D eigenvalue weighted by molar-refractivity contribution is 0.0494. The van der Waals surface area contributed by atoms with E-state index in [4.69, 9.17) is 9.47 Å². The summed E-state index contributed by atoms with van der Waals surface area (Å²) in [6, 6.07) is 16.6. The molecule has 6 nitrogen and oxygen atoms in total. The number of aliphatic hydroxyl groups is 1. The van der Waals surface area contributed by atoms with Crippen LogP contribution >= 0.6 is 0 Å². The Kier molecular flexibility index (Phi) is 8.54. The monoisotopic (exact) mass is 511 g/mol. The predicted molar refractivity (Wildman–Crippen MR) is 144 cm³/mol. The molecule has 3 aromatic carbocycles. The van der Waals surface area contributed by atoms with E-state index in [-0.39, 0.29) is 17.4 Å². The van der Waals surface area contributed by atoms with E-state index in [1.165, 1.54) is 4.31 Å². The van der Waals surface area contributed by atoms with E-state index in [9.17, 15) is 13.5 Å². The Balaban J connectivity index is 1.65. The smallest absolute Gasteiger partial charge is 0.264 e. The third-order valence-electron chi connectivity index (χ3n) is 6.73. The Morgan fingerprint density at radius 3 is 2.39 bits per heavy atom. The van der Waals surface area contributed by atoms with Crippen LogP contribution in [0.4, 0.5) is 5.69 Å². The molecule has 0 atom stereocenters. The zero-order chi connectivity index (χ0) is 25.7. The first-order chi connectivity index (χ1) is 17.3. The van der Waals surface area contributed by atoms with E-state index >= 15 is 0 Å². The zero-order valence-corrected chi connectivity index (χ0v) is 22.3. The standard InChI is InChI=1S/C29H37NO5S/c1-4-22-5-8-27(9-6-22)30(18-21(2)3)36(32,33)28-10-7-24-17-29(26(19-31)15-25(24)16-28)35-20-23-11-13-34-14-12-23/h5-10,15-17,21,23,31H,4,11-14,18-20H2,1-3H3. The van der Waals surface area contributed by atoms with Crippen molar-refractivity contribution >= 4 is 26.5 Å². The minimum atomic E-state index is -3.79. The van der Waals surface area contributed by atoms with Gasteiger partial charge >= 0.3 is 0 Å². The van der Waals surface area contributed by atoms with E-state index in [2.05, 4.69) is 6.92 Å². The SMILES string of the molecule is CCc1ccc(N(CC(C)C)S(=O)(=O)c2ccc3cc(OCC4CCOCC4)c(CO)cc3c2)cc1. The molecule has 36 heavy (non-hydrogen) atoms. The largest absolute Gasteiger partial charge is 0.493 e. The number of fused-ring (bicyclic) bond motifs is 1. The number of ether oxygens (including phenoxy) is 2. The lowest BCUT2D eigenvalue weighted by atomic mass is 10.0. The topological polar surface area (TPSA) is 76.1 Å². The van der Waals surface area contributed by atoms with Crippen LogP contribution in [-0.2, 0) is 27.8 Å². The minimum Gasteiger partial charge on any atom is -0.493 e. The quantitative estimate of drug-likeness (QED) is 0.386. The summed E-state index contributed by atoms with van der Waals surface area (Å²) in [6.45, 7) is 8.40. The number of rotatable bonds is 10. The number of sulfonamides is 1. The number of aliphatic hydroxyl groups excluding tert-OH is 1. The number of hydrogen-bond donors (Lipinski definition) is 1. The van der Waals surface area contributed by atoms with Crippen LogP contribution in [0.5, 0.6) is 5.75 Å². The second kappa shape index (κ2) is 11.6. The molecule has 7 heteroatoms. The molecular formula is C29H37NO5S. The highest BCUT2D eigenvalue weighted by molar-refractivity contribution is 7.92. The van der Waals surface area contributed by atoms with Crippen molar-refractivity contribution in [2.75, 3.05) is 30.7 Å². The number of nitrogens with zero attached hydrogens (tertiary/aromatic N) is 1. The molecule has 0 radical (unpaired) electrons. The van der Waals surface area contributed by atoms with E-state index in [1.807, 2.05) is 56.3 Å². The Morgan fingerprint density at radius 1 is 1.03 bits per heavy atom. The van der Waals surface area contributed by atoms with Crippen molar-refractivity contribution in [2.45, 2.75) is 51.5 Å². The average Bonchev–Trinajstić information content (AvgIpc) is 2.90. The first kappa shape index (κ1) is 26.5. The molecule has 1 aliphatic heterocycles. The fourth-order valence-electron chi connectivity index (χ4n) is 4.54. The van der Waals surface area contributed by atoms with E-state index in [0.29, 0.717) is 36.1 Å². The van der Waals surface area contributed by atoms with Gasteiger partial charge in [-0.15, -0.1) is 0 Å². The van der Waals surface area contributed by atoms with Crippen molar-refractivity contribution in [3.05, 3.63) is 65.7 Å². The maximum absolute atomic E-state index is 13.8. The van der Waals surface area contributed by atoms with Crippen LogP contribution in [0.15, 0.2) is 59.5 Å². The van der Waals surface area contributed by atoms with Crippen LogP contribution in [0, 0.1) is 11.8 Å². The van der Waals surface area contributed by atoms with Crippen LogP contribution in [-0.4, -0.2) is 39.9 Å². The number of aryl methyl sites for hydroxylation is 1. The van der Waals surface area contributed by atoms with Crippen molar-refractivity contribution in [3.63, 3.8) is 0 Å². The van der Waals surface area contributed by atoms with Gasteiger partial charge in [-0.2, -0.15) is 0 Å². The van der Waals surface area contributed by atoms with Gasteiger partial charge in [0.2, 0.25) is 0 Å². The fourth-order valence-corrected chi connectivity index (χ4v) is 6.20. The van der Waals surface area contributed by atoms with Gasteiger partial charge < -0.3 is 14.6 Å². The highest BCUT2D eigenvalue weighted by atomic mass is 32.2. The molecule has 0 spiro atoms. The number of benzene rings is 3. The van der Waals surface area contributed by atoms with Gasteiger partial charge in [-0.1, -0.05) is 39.0 Å². The van der Waals surface area contributed by atoms with Crippen LogP contribution in [0.1, 0.15) is 44.7 Å². The van der Waals surface area contributed by atoms with Gasteiger partial charge in [0.1, 0.15) is 5.75 Å². The van der Waals surface area contributed by atoms with Gasteiger partial charge in [-0.05, 0) is 83.8 Å². The maximum Gasteiger partial charge on any atom is 0.264 e. The van der Waals surface area contributed by atoms with E-state index in [1.54, 1.807) is 12.1 Å². The number of hydrogen-bond acceptors (Lipinski definition) is 5. The molecule has 1 saturated heterocycles. The Hall–Kier alpha value is -2.61. The first-order valence-corrected chi connectivity index (χ1v) is 14.3. The first-order valence-electron chi connectivity index (χ1n) is 12.8. The lowest BCUT2D eigenvalue weighted by Crippen LogP contribution is -2.34. The predicted octanol–water partition coefficient (Wildman–Crippen LogP) is 5.55. The maximum atomic E-state index is 13.8. The molecule has 1 aliphatic rings. The summed E-state index contributed by atoms with van der Waals surface area (Å²) in [4.78, 5) is 0.231. The minimum absolute atomic E-state index is 0.155. The van der Waals surface area contributed by atoms with Crippen molar-refractivity contribution < 1.29 is 23.0 Å². The van der Waals surface area contributed by atoms with Crippen molar-refractivity contribution in [3.8, 4) is 5.75 Å². The summed E-state index contributed by atoms with van der Waals surface area (Å²) in [6.07, 6.45) is 2.84. The number of anilines is 1. The fraction of sp³-hybridized carbons (Fsp3) is 0.448. The van der Waals surface area contributed by atoms with E-state index in [0.717, 1.165) is 48.8 Å². The van der Waals surface area contributed by atoms with Gasteiger partial charge in [0.25, 0.3) is 10.0 Å². The molecule has 1 fully saturated rings. The van der Waals surface area contributed by atoms with Crippen molar-refractivity contribution in [1.29, 1.82) is 0 Å². The Labute approximate surface area is 214 Å². The van der Waals surface area contributed by atoms with Crippen LogP contribution in [0.2, 0.25) is 0 Å². The molecule has 0 unspecified atom stereocenters. The van der Waals surface area contributed by atoms with Gasteiger partial charge in [0, 0.05) is 25.3 Å². The summed E-state index contributed by atoms with van der Waals surface area (Å²) in [7, 11) is -3.79. The second-order valence-electron chi connectivity index (χ2n) is 9.94. The molecule has 0 aromatic heterocycles. The summed E-state index contributed by atoms with van der Waals surface area (Å²) in [5, 5.41) is 11.6. The molecule has 0 amide bonds. The summed E-state index contributed by atoms with van der Waals surface area (Å²) in [5.74, 6) is 1.24.